The third kappa shape index (κ3) is 5.02. The van der Waals surface area contributed by atoms with Crippen molar-refractivity contribution in [2.75, 3.05) is 44.5 Å². The monoisotopic (exact) mass is 383 g/mol. The zero-order valence-electron chi connectivity index (χ0n) is 15.1. The van der Waals surface area contributed by atoms with E-state index in [-0.39, 0.29) is 23.7 Å². The summed E-state index contributed by atoms with van der Waals surface area (Å²) in [5, 5.41) is 2.96. The van der Waals surface area contributed by atoms with E-state index < -0.39 is 15.8 Å². The normalized spacial score (nSPS) is 11.3. The summed E-state index contributed by atoms with van der Waals surface area (Å²) in [5.74, 6) is 0.398. The quantitative estimate of drug-likeness (QED) is 0.665. The third-order valence-electron chi connectivity index (χ3n) is 3.43. The van der Waals surface area contributed by atoms with Crippen LogP contribution in [0, 0.1) is 12.7 Å². The molecule has 0 radical (unpaired) electrons. The predicted octanol–water partition coefficient (Wildman–Crippen LogP) is 1.39. The van der Waals surface area contributed by atoms with Gasteiger partial charge in [-0.25, -0.2) is 22.5 Å². The molecule has 0 saturated carbocycles. The Morgan fingerprint density at radius 1 is 1.19 bits per heavy atom. The molecule has 26 heavy (non-hydrogen) atoms. The van der Waals surface area contributed by atoms with Gasteiger partial charge in [0.25, 0.3) is 0 Å². The first-order chi connectivity index (χ1) is 12.2. The number of anilines is 2. The molecule has 0 spiro atoms. The molecule has 2 aromatic rings. The zero-order valence-corrected chi connectivity index (χ0v) is 15.9. The van der Waals surface area contributed by atoms with Gasteiger partial charge in [0.05, 0.1) is 12.0 Å². The molecule has 2 N–H and O–H groups in total. The zero-order chi connectivity index (χ0) is 19.3. The van der Waals surface area contributed by atoms with Crippen molar-refractivity contribution in [2.24, 2.45) is 0 Å². The van der Waals surface area contributed by atoms with Crippen LogP contribution in [0.15, 0.2) is 29.2 Å². The Balaban J connectivity index is 1.96. The van der Waals surface area contributed by atoms with Gasteiger partial charge in [-0.15, -0.1) is 0 Å². The van der Waals surface area contributed by atoms with E-state index in [1.807, 2.05) is 32.0 Å². The Morgan fingerprint density at radius 2 is 1.92 bits per heavy atom. The number of aromatic nitrogens is 2. The van der Waals surface area contributed by atoms with E-state index in [0.717, 1.165) is 17.6 Å². The van der Waals surface area contributed by atoms with Crippen molar-refractivity contribution >= 4 is 21.8 Å². The second kappa shape index (κ2) is 8.28. The molecule has 142 valence electrons. The second-order valence-electron chi connectivity index (χ2n) is 5.71. The molecule has 0 bridgehead atoms. The standard InChI is InChI=1S/C16H22FN5O3S/c1-11-9-15(22(2)3)21-16(20-11)18-7-8-19-26(23,24)12-5-6-14(25-4)13(17)10-12/h5-6,9-10,19H,7-8H2,1-4H3,(H,18,20,21). The number of halogens is 1. The average Bonchev–Trinajstić information content (AvgIpc) is 2.58. The molecule has 1 aromatic carbocycles. The van der Waals surface area contributed by atoms with Crippen molar-refractivity contribution < 1.29 is 17.5 Å². The van der Waals surface area contributed by atoms with Crippen LogP contribution in [0.3, 0.4) is 0 Å². The van der Waals surface area contributed by atoms with Gasteiger partial charge in [-0.3, -0.25) is 0 Å². The predicted molar refractivity (Wildman–Crippen MR) is 97.7 cm³/mol. The molecule has 10 heteroatoms. The van der Waals surface area contributed by atoms with Gasteiger partial charge >= 0.3 is 0 Å². The van der Waals surface area contributed by atoms with Crippen LogP contribution >= 0.6 is 0 Å². The largest absolute Gasteiger partial charge is 0.494 e. The van der Waals surface area contributed by atoms with Crippen LogP contribution < -0.4 is 19.7 Å². The maximum atomic E-state index is 13.7. The Morgan fingerprint density at radius 3 is 2.54 bits per heavy atom. The molecule has 2 rings (SSSR count). The SMILES string of the molecule is COc1ccc(S(=O)(=O)NCCNc2nc(C)cc(N(C)C)n2)cc1F. The summed E-state index contributed by atoms with van der Waals surface area (Å²) in [6.07, 6.45) is 0. The van der Waals surface area contributed by atoms with E-state index in [2.05, 4.69) is 20.0 Å². The number of methoxy groups -OCH3 is 1. The van der Waals surface area contributed by atoms with Crippen molar-refractivity contribution in [3.63, 3.8) is 0 Å². The summed E-state index contributed by atoms with van der Waals surface area (Å²) in [6.45, 7) is 2.21. The Bertz CT molecular complexity index is 874. The van der Waals surface area contributed by atoms with Gasteiger partial charge in [-0.05, 0) is 25.1 Å². The molecular weight excluding hydrogens is 361 g/mol. The van der Waals surface area contributed by atoms with Crippen molar-refractivity contribution in [2.45, 2.75) is 11.8 Å². The summed E-state index contributed by atoms with van der Waals surface area (Å²) in [7, 11) is 1.22. The molecular formula is C16H22FN5O3S. The molecule has 1 heterocycles. The highest BCUT2D eigenvalue weighted by Gasteiger charge is 2.16. The van der Waals surface area contributed by atoms with Crippen LogP contribution in [-0.4, -0.2) is 52.7 Å². The highest BCUT2D eigenvalue weighted by Crippen LogP contribution is 2.20. The number of benzene rings is 1. The molecule has 0 unspecified atom stereocenters. The van der Waals surface area contributed by atoms with Crippen LogP contribution in [0.2, 0.25) is 0 Å². The highest BCUT2D eigenvalue weighted by molar-refractivity contribution is 7.89. The number of hydrogen-bond donors (Lipinski definition) is 2. The topological polar surface area (TPSA) is 96.5 Å². The lowest BCUT2D eigenvalue weighted by Crippen LogP contribution is -2.29. The van der Waals surface area contributed by atoms with Gasteiger partial charge in [-0.2, -0.15) is 4.98 Å². The van der Waals surface area contributed by atoms with Gasteiger partial charge in [0, 0.05) is 38.9 Å². The number of nitrogens with one attached hydrogen (secondary N) is 2. The van der Waals surface area contributed by atoms with Crippen molar-refractivity contribution in [3.8, 4) is 5.75 Å². The van der Waals surface area contributed by atoms with E-state index >= 15 is 0 Å². The van der Waals surface area contributed by atoms with E-state index in [1.165, 1.54) is 19.2 Å². The molecule has 0 atom stereocenters. The lowest BCUT2D eigenvalue weighted by Gasteiger charge is -2.14. The number of hydrogen-bond acceptors (Lipinski definition) is 7. The first-order valence-corrected chi connectivity index (χ1v) is 9.31. The lowest BCUT2D eigenvalue weighted by molar-refractivity contribution is 0.385. The van der Waals surface area contributed by atoms with Crippen molar-refractivity contribution in [3.05, 3.63) is 35.8 Å². The van der Waals surface area contributed by atoms with E-state index in [4.69, 9.17) is 4.74 Å². The van der Waals surface area contributed by atoms with Crippen LogP contribution in [0.25, 0.3) is 0 Å². The summed E-state index contributed by atoms with van der Waals surface area (Å²) in [4.78, 5) is 10.2. The summed E-state index contributed by atoms with van der Waals surface area (Å²) >= 11 is 0. The second-order valence-corrected chi connectivity index (χ2v) is 7.47. The van der Waals surface area contributed by atoms with Gasteiger partial charge in [0.15, 0.2) is 11.6 Å². The maximum Gasteiger partial charge on any atom is 0.240 e. The first kappa shape index (κ1) is 19.9. The van der Waals surface area contributed by atoms with Gasteiger partial charge in [0.2, 0.25) is 16.0 Å². The van der Waals surface area contributed by atoms with Crippen LogP contribution in [0.4, 0.5) is 16.2 Å². The minimum Gasteiger partial charge on any atom is -0.494 e. The third-order valence-corrected chi connectivity index (χ3v) is 4.89. The molecule has 1 aromatic heterocycles. The Labute approximate surface area is 152 Å². The number of ether oxygens (including phenoxy) is 1. The van der Waals surface area contributed by atoms with E-state index in [0.29, 0.717) is 5.95 Å². The minimum atomic E-state index is -3.83. The highest BCUT2D eigenvalue weighted by atomic mass is 32.2. The molecule has 0 aliphatic heterocycles. The summed E-state index contributed by atoms with van der Waals surface area (Å²) < 4.78 is 45.3. The van der Waals surface area contributed by atoms with E-state index in [1.54, 1.807) is 0 Å². The van der Waals surface area contributed by atoms with Crippen LogP contribution in [-0.2, 0) is 10.0 Å². The first-order valence-electron chi connectivity index (χ1n) is 7.83. The maximum absolute atomic E-state index is 13.7. The molecule has 0 aliphatic carbocycles. The number of nitrogens with zero attached hydrogens (tertiary/aromatic N) is 3. The van der Waals surface area contributed by atoms with Crippen molar-refractivity contribution in [1.29, 1.82) is 0 Å². The molecule has 0 amide bonds. The molecule has 8 nitrogen and oxygen atoms in total. The number of rotatable bonds is 8. The van der Waals surface area contributed by atoms with Gasteiger partial charge < -0.3 is 15.0 Å². The Kier molecular flexibility index (Phi) is 6.32. The fourth-order valence-electron chi connectivity index (χ4n) is 2.12. The smallest absolute Gasteiger partial charge is 0.240 e. The number of sulfonamides is 1. The van der Waals surface area contributed by atoms with Crippen LogP contribution in [0.1, 0.15) is 5.69 Å². The average molecular weight is 383 g/mol. The molecule has 0 fully saturated rings. The summed E-state index contributed by atoms with van der Waals surface area (Å²) in [6, 6.07) is 5.31. The molecule has 0 aliphatic rings. The molecule has 0 saturated heterocycles. The van der Waals surface area contributed by atoms with Crippen LogP contribution in [0.5, 0.6) is 5.75 Å². The van der Waals surface area contributed by atoms with E-state index in [9.17, 15) is 12.8 Å². The van der Waals surface area contributed by atoms with Gasteiger partial charge in [-0.1, -0.05) is 0 Å². The fourth-order valence-corrected chi connectivity index (χ4v) is 3.16. The lowest BCUT2D eigenvalue weighted by atomic mass is 10.3. The number of aryl methyl sites for hydroxylation is 1. The van der Waals surface area contributed by atoms with Gasteiger partial charge in [0.1, 0.15) is 5.82 Å². The Hall–Kier alpha value is -2.46. The summed E-state index contributed by atoms with van der Waals surface area (Å²) in [5.41, 5.74) is 0.792. The van der Waals surface area contributed by atoms with Crippen molar-refractivity contribution in [1.82, 2.24) is 14.7 Å². The fraction of sp³-hybridized carbons (Fsp3) is 0.375. The minimum absolute atomic E-state index is 0.0149.